The van der Waals surface area contributed by atoms with Crippen LogP contribution in [0.15, 0.2) is 54.9 Å². The van der Waals surface area contributed by atoms with Gasteiger partial charge in [-0.15, -0.1) is 5.10 Å². The second kappa shape index (κ2) is 12.4. The van der Waals surface area contributed by atoms with Gasteiger partial charge in [0.1, 0.15) is 18.0 Å². The summed E-state index contributed by atoms with van der Waals surface area (Å²) < 4.78 is 32.2. The van der Waals surface area contributed by atoms with Gasteiger partial charge < -0.3 is 30.6 Å². The van der Waals surface area contributed by atoms with E-state index in [9.17, 15) is 4.39 Å². The van der Waals surface area contributed by atoms with Gasteiger partial charge in [0.25, 0.3) is 0 Å². The summed E-state index contributed by atoms with van der Waals surface area (Å²) in [7, 11) is 1.59. The molecule has 1 saturated heterocycles. The minimum Gasteiger partial charge on any atom is -0.493 e. The molecule has 0 saturated carbocycles. The Bertz CT molecular complexity index is 1390. The van der Waals surface area contributed by atoms with Crippen molar-refractivity contribution < 1.29 is 18.6 Å². The molecule has 4 aromatic rings. The molecule has 3 heterocycles. The fraction of sp³-hybridized carbons (Fsp3) is 0.308. The molecule has 2 aromatic carbocycles. The summed E-state index contributed by atoms with van der Waals surface area (Å²) in [4.78, 5) is 15.0. The number of morpholine rings is 1. The number of nitrogens with one attached hydrogen (secondary N) is 2. The maximum absolute atomic E-state index is 14.0. The summed E-state index contributed by atoms with van der Waals surface area (Å²) in [6.45, 7) is 5.04. The largest absolute Gasteiger partial charge is 0.493 e. The smallest absolute Gasteiger partial charge is 0.248 e. The molecular weight excluding hydrogens is 505 g/mol. The third-order valence-corrected chi connectivity index (χ3v) is 6.04. The van der Waals surface area contributed by atoms with E-state index in [0.717, 1.165) is 39.3 Å². The molecule has 13 heteroatoms. The van der Waals surface area contributed by atoms with E-state index in [0.29, 0.717) is 35.4 Å². The van der Waals surface area contributed by atoms with E-state index in [1.807, 2.05) is 12.1 Å². The number of ether oxygens (including phenoxy) is 3. The lowest BCUT2D eigenvalue weighted by atomic mass is 10.2. The number of anilines is 5. The molecule has 5 rings (SSSR count). The fourth-order valence-electron chi connectivity index (χ4n) is 4.07. The number of halogens is 1. The first-order valence-electron chi connectivity index (χ1n) is 12.5. The molecule has 39 heavy (non-hydrogen) atoms. The third kappa shape index (κ3) is 6.69. The minimum absolute atomic E-state index is 0.111. The summed E-state index contributed by atoms with van der Waals surface area (Å²) >= 11 is 0. The first kappa shape index (κ1) is 26.1. The van der Waals surface area contributed by atoms with Gasteiger partial charge in [0.05, 0.1) is 32.6 Å². The van der Waals surface area contributed by atoms with Crippen LogP contribution < -0.4 is 25.8 Å². The van der Waals surface area contributed by atoms with Gasteiger partial charge in [0, 0.05) is 37.5 Å². The summed E-state index contributed by atoms with van der Waals surface area (Å²) in [5, 5.41) is 10.5. The molecular formula is C26H30FN9O3. The highest BCUT2D eigenvalue weighted by molar-refractivity contribution is 5.61. The van der Waals surface area contributed by atoms with Gasteiger partial charge >= 0.3 is 0 Å². The molecule has 1 aliphatic rings. The van der Waals surface area contributed by atoms with E-state index in [1.54, 1.807) is 37.4 Å². The summed E-state index contributed by atoms with van der Waals surface area (Å²) in [6.07, 6.45) is 2.24. The topological polar surface area (TPSA) is 138 Å². The Hall–Kier alpha value is -4.49. The molecule has 1 fully saturated rings. The standard InChI is InChI=1S/C26H30FN9O3/c1-37-22-15-18(7-8-21(22)39-12-4-9-35-10-13-38-14-11-35)31-26-33-25(28)36(34-26)24-16-23(29-17-30-24)32-20-6-3-2-5-19(20)27/h2-3,5-8,15-17H,4,9-14H2,1H3,(H,29,30,32)(H3,28,31,33,34). The zero-order valence-corrected chi connectivity index (χ0v) is 21.5. The van der Waals surface area contributed by atoms with E-state index in [-0.39, 0.29) is 17.6 Å². The van der Waals surface area contributed by atoms with E-state index in [4.69, 9.17) is 19.9 Å². The maximum atomic E-state index is 14.0. The minimum atomic E-state index is -0.399. The van der Waals surface area contributed by atoms with Crippen molar-refractivity contribution >= 4 is 29.1 Å². The number of benzene rings is 2. The van der Waals surface area contributed by atoms with Crippen LogP contribution in [0.3, 0.4) is 0 Å². The molecule has 0 spiro atoms. The van der Waals surface area contributed by atoms with Crippen molar-refractivity contribution in [1.82, 2.24) is 29.6 Å². The highest BCUT2D eigenvalue weighted by Gasteiger charge is 2.14. The quantitative estimate of drug-likeness (QED) is 0.244. The van der Waals surface area contributed by atoms with Gasteiger partial charge in [-0.3, -0.25) is 4.90 Å². The zero-order chi connectivity index (χ0) is 27.0. The van der Waals surface area contributed by atoms with Crippen molar-refractivity contribution in [2.45, 2.75) is 6.42 Å². The molecule has 12 nitrogen and oxygen atoms in total. The van der Waals surface area contributed by atoms with E-state index in [1.165, 1.54) is 17.1 Å². The van der Waals surface area contributed by atoms with Crippen LogP contribution in [0.4, 0.5) is 33.5 Å². The SMILES string of the molecule is COc1cc(Nc2nc(N)n(-c3cc(Nc4ccccc4F)ncn3)n2)ccc1OCCCN1CCOCC1. The van der Waals surface area contributed by atoms with Gasteiger partial charge in [-0.2, -0.15) is 9.67 Å². The molecule has 0 unspecified atom stereocenters. The second-order valence-corrected chi connectivity index (χ2v) is 8.72. The van der Waals surface area contributed by atoms with Crippen LogP contribution in [0.25, 0.3) is 5.82 Å². The highest BCUT2D eigenvalue weighted by Crippen LogP contribution is 2.31. The van der Waals surface area contributed by atoms with Gasteiger partial charge in [-0.1, -0.05) is 12.1 Å². The van der Waals surface area contributed by atoms with Crippen LogP contribution in [-0.2, 0) is 4.74 Å². The Morgan fingerprint density at radius 2 is 1.90 bits per heavy atom. The maximum Gasteiger partial charge on any atom is 0.248 e. The third-order valence-electron chi connectivity index (χ3n) is 6.04. The van der Waals surface area contributed by atoms with E-state index in [2.05, 4.69) is 35.6 Å². The van der Waals surface area contributed by atoms with Crippen LogP contribution in [0, 0.1) is 5.82 Å². The molecule has 0 aliphatic carbocycles. The molecule has 4 N–H and O–H groups in total. The number of nitrogens with zero attached hydrogens (tertiary/aromatic N) is 6. The average molecular weight is 536 g/mol. The number of aromatic nitrogens is 5. The summed E-state index contributed by atoms with van der Waals surface area (Å²) in [6, 6.07) is 13.4. The van der Waals surface area contributed by atoms with Crippen molar-refractivity contribution in [3.8, 4) is 17.3 Å². The Morgan fingerprint density at radius 3 is 2.72 bits per heavy atom. The van der Waals surface area contributed by atoms with Crippen molar-refractivity contribution in [3.05, 3.63) is 60.7 Å². The molecule has 0 bridgehead atoms. The number of hydrogen-bond acceptors (Lipinski definition) is 11. The number of rotatable bonds is 11. The highest BCUT2D eigenvalue weighted by atomic mass is 19.1. The average Bonchev–Trinajstić information content (AvgIpc) is 3.33. The van der Waals surface area contributed by atoms with Crippen LogP contribution in [-0.4, -0.2) is 76.2 Å². The normalized spacial score (nSPS) is 13.7. The van der Waals surface area contributed by atoms with Gasteiger partial charge in [0.2, 0.25) is 11.9 Å². The van der Waals surface area contributed by atoms with Crippen molar-refractivity contribution in [3.63, 3.8) is 0 Å². The lowest BCUT2D eigenvalue weighted by molar-refractivity contribution is 0.0357. The second-order valence-electron chi connectivity index (χ2n) is 8.72. The first-order valence-corrected chi connectivity index (χ1v) is 12.5. The van der Waals surface area contributed by atoms with Gasteiger partial charge in [0.15, 0.2) is 17.3 Å². The first-order chi connectivity index (χ1) is 19.1. The molecule has 0 amide bonds. The lowest BCUT2D eigenvalue weighted by Crippen LogP contribution is -2.37. The van der Waals surface area contributed by atoms with E-state index >= 15 is 0 Å². The predicted octanol–water partition coefficient (Wildman–Crippen LogP) is 3.38. The number of hydrogen-bond donors (Lipinski definition) is 3. The lowest BCUT2D eigenvalue weighted by Gasteiger charge is -2.26. The number of nitrogen functional groups attached to an aromatic ring is 1. The number of methoxy groups -OCH3 is 1. The fourth-order valence-corrected chi connectivity index (χ4v) is 4.07. The predicted molar refractivity (Wildman–Crippen MR) is 145 cm³/mol. The Morgan fingerprint density at radius 1 is 1.05 bits per heavy atom. The summed E-state index contributed by atoms with van der Waals surface area (Å²) in [5.74, 6) is 1.94. The van der Waals surface area contributed by atoms with Crippen LogP contribution in [0.2, 0.25) is 0 Å². The Kier molecular flexibility index (Phi) is 8.29. The molecule has 0 atom stereocenters. The van der Waals surface area contributed by atoms with Crippen LogP contribution in [0.1, 0.15) is 6.42 Å². The van der Waals surface area contributed by atoms with Crippen molar-refractivity contribution in [1.29, 1.82) is 0 Å². The Labute approximate surface area is 224 Å². The van der Waals surface area contributed by atoms with E-state index < -0.39 is 5.82 Å². The van der Waals surface area contributed by atoms with Gasteiger partial charge in [-0.25, -0.2) is 14.4 Å². The molecule has 1 aliphatic heterocycles. The molecule has 204 valence electrons. The molecule has 2 aromatic heterocycles. The number of nitrogens with two attached hydrogens (primary N) is 1. The van der Waals surface area contributed by atoms with Crippen molar-refractivity contribution in [2.24, 2.45) is 0 Å². The monoisotopic (exact) mass is 535 g/mol. The zero-order valence-electron chi connectivity index (χ0n) is 21.5. The summed E-state index contributed by atoms with van der Waals surface area (Å²) in [5.41, 5.74) is 7.09. The van der Waals surface area contributed by atoms with Crippen molar-refractivity contribution in [2.75, 3.05) is 62.9 Å². The Balaban J connectivity index is 1.22. The van der Waals surface area contributed by atoms with Gasteiger partial charge in [-0.05, 0) is 30.7 Å². The molecule has 0 radical (unpaired) electrons. The van der Waals surface area contributed by atoms with Crippen LogP contribution in [0.5, 0.6) is 11.5 Å². The van der Waals surface area contributed by atoms with Crippen LogP contribution >= 0.6 is 0 Å². The number of para-hydroxylation sites is 1.